The fourth-order valence-corrected chi connectivity index (χ4v) is 2.09. The van der Waals surface area contributed by atoms with Gasteiger partial charge in [0, 0.05) is 6.42 Å². The molecule has 0 unspecified atom stereocenters. The van der Waals surface area contributed by atoms with E-state index in [-0.39, 0.29) is 22.8 Å². The number of carbonyl (C=O) groups excluding carboxylic acids is 1. The van der Waals surface area contributed by atoms with E-state index < -0.39 is 5.82 Å². The predicted octanol–water partition coefficient (Wildman–Crippen LogP) is 4.52. The number of rotatable bonds is 3. The lowest BCUT2D eigenvalue weighted by molar-refractivity contribution is 0.0989. The van der Waals surface area contributed by atoms with Crippen LogP contribution in [0.1, 0.15) is 27.0 Å². The van der Waals surface area contributed by atoms with Gasteiger partial charge < -0.3 is 0 Å². The molecule has 0 fully saturated rings. The lowest BCUT2D eigenvalue weighted by atomic mass is 9.99. The first kappa shape index (κ1) is 13.8. The van der Waals surface area contributed by atoms with Crippen LogP contribution in [-0.2, 0) is 6.42 Å². The third-order valence-corrected chi connectivity index (χ3v) is 3.48. The molecule has 98 valence electrons. The molecule has 19 heavy (non-hydrogen) atoms. The quantitative estimate of drug-likeness (QED) is 0.753. The van der Waals surface area contributed by atoms with Gasteiger partial charge in [0.05, 0.1) is 10.6 Å². The molecule has 0 heterocycles. The van der Waals surface area contributed by atoms with Crippen molar-refractivity contribution in [1.82, 2.24) is 0 Å². The lowest BCUT2D eigenvalue weighted by Crippen LogP contribution is -2.06. The number of ketones is 1. The predicted molar refractivity (Wildman–Crippen MR) is 75.4 cm³/mol. The monoisotopic (exact) mass is 276 g/mol. The Kier molecular flexibility index (Phi) is 4.01. The van der Waals surface area contributed by atoms with Crippen molar-refractivity contribution in [3.05, 3.63) is 69.5 Å². The Labute approximate surface area is 117 Å². The van der Waals surface area contributed by atoms with Gasteiger partial charge in [0.2, 0.25) is 0 Å². The van der Waals surface area contributed by atoms with Crippen LogP contribution in [0.5, 0.6) is 0 Å². The van der Waals surface area contributed by atoms with Crippen molar-refractivity contribution in [1.29, 1.82) is 0 Å². The number of hydrogen-bond donors (Lipinski definition) is 0. The van der Waals surface area contributed by atoms with E-state index in [2.05, 4.69) is 0 Å². The summed E-state index contributed by atoms with van der Waals surface area (Å²) in [6.07, 6.45) is 0.179. The molecule has 2 aromatic carbocycles. The Morgan fingerprint density at radius 3 is 2.58 bits per heavy atom. The van der Waals surface area contributed by atoms with E-state index in [1.165, 1.54) is 17.7 Å². The summed E-state index contributed by atoms with van der Waals surface area (Å²) in [7, 11) is 0. The van der Waals surface area contributed by atoms with E-state index in [4.69, 9.17) is 11.6 Å². The number of halogens is 2. The lowest BCUT2D eigenvalue weighted by Gasteiger charge is -2.06. The number of Topliss-reactive ketones (excluding diaryl/α,β-unsaturated/α-hetero) is 1. The van der Waals surface area contributed by atoms with Gasteiger partial charge in [-0.2, -0.15) is 0 Å². The summed E-state index contributed by atoms with van der Waals surface area (Å²) in [4.78, 5) is 12.1. The van der Waals surface area contributed by atoms with E-state index in [1.807, 2.05) is 32.0 Å². The van der Waals surface area contributed by atoms with Crippen molar-refractivity contribution < 1.29 is 9.18 Å². The molecular formula is C16H14ClFO. The minimum Gasteiger partial charge on any atom is -0.294 e. The Balaban J connectivity index is 2.26. The van der Waals surface area contributed by atoms with Crippen LogP contribution in [0.3, 0.4) is 0 Å². The molecule has 0 spiro atoms. The van der Waals surface area contributed by atoms with Gasteiger partial charge in [-0.3, -0.25) is 4.79 Å². The van der Waals surface area contributed by atoms with Crippen molar-refractivity contribution >= 4 is 17.4 Å². The van der Waals surface area contributed by atoms with E-state index in [0.717, 1.165) is 11.1 Å². The highest BCUT2D eigenvalue weighted by Gasteiger charge is 2.14. The average Bonchev–Trinajstić information content (AvgIpc) is 2.37. The molecule has 0 atom stereocenters. The first-order chi connectivity index (χ1) is 8.99. The normalized spacial score (nSPS) is 10.5. The third-order valence-electron chi connectivity index (χ3n) is 3.19. The van der Waals surface area contributed by atoms with Crippen LogP contribution in [0.2, 0.25) is 5.02 Å². The maximum Gasteiger partial charge on any atom is 0.170 e. The minimum atomic E-state index is -0.641. The van der Waals surface area contributed by atoms with Crippen molar-refractivity contribution in [3.63, 3.8) is 0 Å². The van der Waals surface area contributed by atoms with Crippen LogP contribution < -0.4 is 0 Å². The molecule has 0 bridgehead atoms. The summed E-state index contributed by atoms with van der Waals surface area (Å²) in [6.45, 7) is 4.00. The molecule has 0 amide bonds. The molecule has 0 aromatic heterocycles. The number of aryl methyl sites for hydroxylation is 2. The molecule has 0 N–H and O–H groups in total. The highest BCUT2D eigenvalue weighted by atomic mass is 35.5. The second kappa shape index (κ2) is 5.54. The maximum atomic E-state index is 13.7. The molecule has 0 radical (unpaired) electrons. The maximum absolute atomic E-state index is 13.7. The van der Waals surface area contributed by atoms with Crippen LogP contribution in [0.15, 0.2) is 36.4 Å². The van der Waals surface area contributed by atoms with Gasteiger partial charge in [0.15, 0.2) is 11.6 Å². The van der Waals surface area contributed by atoms with Crippen molar-refractivity contribution in [2.45, 2.75) is 20.3 Å². The zero-order valence-electron chi connectivity index (χ0n) is 10.8. The minimum absolute atomic E-state index is 0.0223. The molecule has 0 saturated heterocycles. The molecule has 0 aliphatic rings. The summed E-state index contributed by atoms with van der Waals surface area (Å²) in [5.41, 5.74) is 3.22. The van der Waals surface area contributed by atoms with E-state index in [1.54, 1.807) is 6.07 Å². The molecule has 0 aliphatic carbocycles. The Bertz CT molecular complexity index is 635. The van der Waals surface area contributed by atoms with Gasteiger partial charge in [-0.1, -0.05) is 35.9 Å². The first-order valence-corrected chi connectivity index (χ1v) is 6.40. The molecule has 2 rings (SSSR count). The van der Waals surface area contributed by atoms with Gasteiger partial charge in [-0.05, 0) is 42.7 Å². The van der Waals surface area contributed by atoms with Crippen LogP contribution in [-0.4, -0.2) is 5.78 Å². The summed E-state index contributed by atoms with van der Waals surface area (Å²) >= 11 is 5.68. The average molecular weight is 277 g/mol. The zero-order valence-corrected chi connectivity index (χ0v) is 11.6. The summed E-state index contributed by atoms with van der Waals surface area (Å²) < 4.78 is 13.7. The van der Waals surface area contributed by atoms with E-state index in [9.17, 15) is 9.18 Å². The highest BCUT2D eigenvalue weighted by Crippen LogP contribution is 2.20. The molecule has 2 aromatic rings. The van der Waals surface area contributed by atoms with Crippen molar-refractivity contribution in [2.75, 3.05) is 0 Å². The van der Waals surface area contributed by atoms with Gasteiger partial charge >= 0.3 is 0 Å². The fourth-order valence-electron chi connectivity index (χ4n) is 1.91. The molecule has 0 saturated carbocycles. The van der Waals surface area contributed by atoms with Gasteiger partial charge in [0.1, 0.15) is 0 Å². The fraction of sp³-hybridized carbons (Fsp3) is 0.188. The molecule has 3 heteroatoms. The topological polar surface area (TPSA) is 17.1 Å². The van der Waals surface area contributed by atoms with Crippen molar-refractivity contribution in [2.24, 2.45) is 0 Å². The van der Waals surface area contributed by atoms with Gasteiger partial charge in [-0.25, -0.2) is 4.39 Å². The standard InChI is InChI=1S/C16H14ClFO/c1-10-6-7-12(8-11(10)2)9-15(19)13-4-3-5-14(17)16(13)18/h3-8H,9H2,1-2H3. The summed E-state index contributed by atoms with van der Waals surface area (Å²) in [5, 5.41) is -0.0223. The Morgan fingerprint density at radius 2 is 1.89 bits per heavy atom. The van der Waals surface area contributed by atoms with E-state index >= 15 is 0 Å². The van der Waals surface area contributed by atoms with Gasteiger partial charge in [-0.15, -0.1) is 0 Å². The third kappa shape index (κ3) is 3.02. The Morgan fingerprint density at radius 1 is 1.16 bits per heavy atom. The van der Waals surface area contributed by atoms with Crippen molar-refractivity contribution in [3.8, 4) is 0 Å². The number of carbonyl (C=O) groups is 1. The number of hydrogen-bond acceptors (Lipinski definition) is 1. The van der Waals surface area contributed by atoms with E-state index in [0.29, 0.717) is 0 Å². The largest absolute Gasteiger partial charge is 0.294 e. The summed E-state index contributed by atoms with van der Waals surface area (Å²) in [5.74, 6) is -0.902. The summed E-state index contributed by atoms with van der Waals surface area (Å²) in [6, 6.07) is 10.3. The SMILES string of the molecule is Cc1ccc(CC(=O)c2cccc(Cl)c2F)cc1C. The second-order valence-electron chi connectivity index (χ2n) is 4.62. The highest BCUT2D eigenvalue weighted by molar-refractivity contribution is 6.31. The molecular weight excluding hydrogens is 263 g/mol. The molecule has 1 nitrogen and oxygen atoms in total. The van der Waals surface area contributed by atoms with Crippen LogP contribution in [0, 0.1) is 19.7 Å². The second-order valence-corrected chi connectivity index (χ2v) is 5.03. The van der Waals surface area contributed by atoms with Crippen LogP contribution in [0.25, 0.3) is 0 Å². The van der Waals surface area contributed by atoms with Crippen LogP contribution in [0.4, 0.5) is 4.39 Å². The zero-order chi connectivity index (χ0) is 14.0. The van der Waals surface area contributed by atoms with Gasteiger partial charge in [0.25, 0.3) is 0 Å². The smallest absolute Gasteiger partial charge is 0.170 e. The number of benzene rings is 2. The Hall–Kier alpha value is -1.67. The van der Waals surface area contributed by atoms with Crippen LogP contribution >= 0.6 is 11.6 Å². The first-order valence-electron chi connectivity index (χ1n) is 6.02. The molecule has 0 aliphatic heterocycles.